The van der Waals surface area contributed by atoms with Gasteiger partial charge in [-0.05, 0) is 44.0 Å². The number of carbonyl (C=O) groups is 1. The molecule has 5 nitrogen and oxygen atoms in total. The Morgan fingerprint density at radius 1 is 1.30 bits per heavy atom. The number of benzene rings is 1. The Morgan fingerprint density at radius 3 is 2.70 bits per heavy atom. The van der Waals surface area contributed by atoms with E-state index in [1.54, 1.807) is 0 Å². The van der Waals surface area contributed by atoms with Gasteiger partial charge in [0.05, 0.1) is 5.25 Å². The Kier molecular flexibility index (Phi) is 5.38. The molecule has 1 aliphatic carbocycles. The van der Waals surface area contributed by atoms with Crippen LogP contribution in [0, 0.1) is 0 Å². The summed E-state index contributed by atoms with van der Waals surface area (Å²) in [5.74, 6) is 0.494. The van der Waals surface area contributed by atoms with Gasteiger partial charge in [-0.3, -0.25) is 4.79 Å². The molecule has 1 saturated carbocycles. The van der Waals surface area contributed by atoms with E-state index in [2.05, 4.69) is 31.4 Å². The Balaban J connectivity index is 1.59. The van der Waals surface area contributed by atoms with Gasteiger partial charge in [-0.2, -0.15) is 0 Å². The first-order chi connectivity index (χ1) is 11.1. The quantitative estimate of drug-likeness (QED) is 0.773. The number of nitrogens with one attached hydrogen (secondary N) is 1. The molecule has 1 amide bonds. The molecule has 3 rings (SSSR count). The fraction of sp³-hybridized carbons (Fsp3) is 0.438. The summed E-state index contributed by atoms with van der Waals surface area (Å²) < 4.78 is 6.64. The van der Waals surface area contributed by atoms with Crippen molar-refractivity contribution in [2.45, 2.75) is 49.1 Å². The van der Waals surface area contributed by atoms with Gasteiger partial charge < -0.3 is 9.73 Å². The molecule has 23 heavy (non-hydrogen) atoms. The van der Waals surface area contributed by atoms with Crippen molar-refractivity contribution in [3.05, 3.63) is 28.7 Å². The summed E-state index contributed by atoms with van der Waals surface area (Å²) >= 11 is 4.68. The molecule has 122 valence electrons. The molecule has 1 heterocycles. The van der Waals surface area contributed by atoms with E-state index in [1.807, 2.05) is 31.2 Å². The van der Waals surface area contributed by atoms with Crippen LogP contribution in [-0.4, -0.2) is 27.4 Å². The number of hydrogen-bond donors (Lipinski definition) is 1. The fourth-order valence-electron chi connectivity index (χ4n) is 2.56. The predicted molar refractivity (Wildman–Crippen MR) is 93.2 cm³/mol. The predicted octanol–water partition coefficient (Wildman–Crippen LogP) is 4.04. The van der Waals surface area contributed by atoms with E-state index >= 15 is 0 Å². The van der Waals surface area contributed by atoms with Crippen LogP contribution in [0.3, 0.4) is 0 Å². The van der Waals surface area contributed by atoms with Crippen LogP contribution in [0.2, 0.25) is 0 Å². The van der Waals surface area contributed by atoms with E-state index in [0.29, 0.717) is 17.2 Å². The lowest BCUT2D eigenvalue weighted by Gasteiger charge is -2.14. The molecule has 0 spiro atoms. The number of amides is 1. The summed E-state index contributed by atoms with van der Waals surface area (Å²) in [6.45, 7) is 1.86. The zero-order chi connectivity index (χ0) is 16.2. The maximum Gasteiger partial charge on any atom is 0.277 e. The molecule has 1 fully saturated rings. The molecule has 1 aromatic carbocycles. The zero-order valence-corrected chi connectivity index (χ0v) is 15.2. The fourth-order valence-corrected chi connectivity index (χ4v) is 3.52. The van der Waals surface area contributed by atoms with E-state index < -0.39 is 0 Å². The van der Waals surface area contributed by atoms with Crippen molar-refractivity contribution in [2.75, 3.05) is 0 Å². The van der Waals surface area contributed by atoms with Crippen molar-refractivity contribution in [3.63, 3.8) is 0 Å². The SMILES string of the molecule is CC(Sc1nnc(-c2ccc(Br)cc2)o1)C(=O)NC1CCCC1. The van der Waals surface area contributed by atoms with Crippen LogP contribution < -0.4 is 5.32 Å². The summed E-state index contributed by atoms with van der Waals surface area (Å²) in [6.07, 6.45) is 4.56. The van der Waals surface area contributed by atoms with Crippen molar-refractivity contribution in [1.29, 1.82) is 0 Å². The van der Waals surface area contributed by atoms with Gasteiger partial charge >= 0.3 is 0 Å². The van der Waals surface area contributed by atoms with Crippen LogP contribution >= 0.6 is 27.7 Å². The first-order valence-corrected chi connectivity index (χ1v) is 9.35. The number of rotatable bonds is 5. The molecular weight excluding hydrogens is 378 g/mol. The van der Waals surface area contributed by atoms with Gasteiger partial charge in [0.25, 0.3) is 5.22 Å². The number of nitrogens with zero attached hydrogens (tertiary/aromatic N) is 2. The molecule has 1 aromatic heterocycles. The van der Waals surface area contributed by atoms with Gasteiger partial charge in [-0.25, -0.2) is 0 Å². The average Bonchev–Trinajstić information content (AvgIpc) is 3.20. The molecule has 1 N–H and O–H groups in total. The van der Waals surface area contributed by atoms with Crippen LogP contribution in [0.5, 0.6) is 0 Å². The van der Waals surface area contributed by atoms with E-state index in [-0.39, 0.29) is 11.2 Å². The molecule has 1 unspecified atom stereocenters. The minimum absolute atomic E-state index is 0.0327. The van der Waals surface area contributed by atoms with E-state index in [9.17, 15) is 4.79 Å². The summed E-state index contributed by atoms with van der Waals surface area (Å²) in [5, 5.41) is 11.3. The first kappa shape index (κ1) is 16.5. The second kappa shape index (κ2) is 7.49. The topological polar surface area (TPSA) is 68.0 Å². The zero-order valence-electron chi connectivity index (χ0n) is 12.8. The minimum Gasteiger partial charge on any atom is -0.411 e. The smallest absolute Gasteiger partial charge is 0.277 e. The van der Waals surface area contributed by atoms with E-state index in [4.69, 9.17) is 4.42 Å². The Hall–Kier alpha value is -1.34. The molecule has 1 atom stereocenters. The van der Waals surface area contributed by atoms with E-state index in [0.717, 1.165) is 22.9 Å². The highest BCUT2D eigenvalue weighted by Gasteiger charge is 2.23. The van der Waals surface area contributed by atoms with Crippen LogP contribution in [0.15, 0.2) is 38.4 Å². The van der Waals surface area contributed by atoms with Crippen molar-refractivity contribution in [3.8, 4) is 11.5 Å². The minimum atomic E-state index is -0.256. The molecule has 0 bridgehead atoms. The summed E-state index contributed by atoms with van der Waals surface area (Å²) in [7, 11) is 0. The second-order valence-electron chi connectivity index (χ2n) is 5.63. The third-order valence-electron chi connectivity index (χ3n) is 3.85. The van der Waals surface area contributed by atoms with Crippen molar-refractivity contribution < 1.29 is 9.21 Å². The summed E-state index contributed by atoms with van der Waals surface area (Å²) in [5.41, 5.74) is 0.857. The standard InChI is InChI=1S/C16H18BrN3O2S/c1-10(14(21)18-13-4-2-3-5-13)23-16-20-19-15(22-16)11-6-8-12(17)9-7-11/h6-10,13H,2-5H2,1H3,(H,18,21). The first-order valence-electron chi connectivity index (χ1n) is 7.68. The number of carbonyl (C=O) groups excluding carboxylic acids is 1. The average molecular weight is 396 g/mol. The van der Waals surface area contributed by atoms with Crippen molar-refractivity contribution >= 4 is 33.6 Å². The molecule has 2 aromatic rings. The maximum absolute atomic E-state index is 12.2. The summed E-state index contributed by atoms with van der Waals surface area (Å²) in [4.78, 5) is 12.2. The molecule has 7 heteroatoms. The maximum atomic E-state index is 12.2. The van der Waals surface area contributed by atoms with Crippen LogP contribution in [0.1, 0.15) is 32.6 Å². The van der Waals surface area contributed by atoms with Gasteiger partial charge in [0, 0.05) is 16.1 Å². The Labute approximate surface area is 147 Å². The Morgan fingerprint density at radius 2 is 2.00 bits per heavy atom. The third-order valence-corrected chi connectivity index (χ3v) is 5.31. The van der Waals surface area contributed by atoms with Crippen LogP contribution in [0.25, 0.3) is 11.5 Å². The van der Waals surface area contributed by atoms with Gasteiger partial charge in [0.1, 0.15) is 0 Å². The van der Waals surface area contributed by atoms with Crippen LogP contribution in [0.4, 0.5) is 0 Å². The Bertz CT molecular complexity index is 668. The third kappa shape index (κ3) is 4.35. The lowest BCUT2D eigenvalue weighted by molar-refractivity contribution is -0.120. The van der Waals surface area contributed by atoms with Crippen LogP contribution in [-0.2, 0) is 4.79 Å². The highest BCUT2D eigenvalue weighted by Crippen LogP contribution is 2.27. The molecule has 0 radical (unpaired) electrons. The highest BCUT2D eigenvalue weighted by molar-refractivity contribution is 9.10. The van der Waals surface area contributed by atoms with Crippen molar-refractivity contribution in [2.24, 2.45) is 0 Å². The van der Waals surface area contributed by atoms with Gasteiger partial charge in [-0.1, -0.05) is 40.5 Å². The molecule has 1 aliphatic rings. The summed E-state index contributed by atoms with van der Waals surface area (Å²) in [6, 6.07) is 7.98. The van der Waals surface area contributed by atoms with Gasteiger partial charge in [-0.15, -0.1) is 10.2 Å². The number of hydrogen-bond acceptors (Lipinski definition) is 5. The largest absolute Gasteiger partial charge is 0.411 e. The van der Waals surface area contributed by atoms with Gasteiger partial charge in [0.15, 0.2) is 0 Å². The number of aromatic nitrogens is 2. The van der Waals surface area contributed by atoms with Gasteiger partial charge in [0.2, 0.25) is 11.8 Å². The lowest BCUT2D eigenvalue weighted by Crippen LogP contribution is -2.37. The highest BCUT2D eigenvalue weighted by atomic mass is 79.9. The molecular formula is C16H18BrN3O2S. The molecule has 0 aliphatic heterocycles. The second-order valence-corrected chi connectivity index (χ2v) is 7.84. The number of thioether (sulfide) groups is 1. The molecule has 0 saturated heterocycles. The monoisotopic (exact) mass is 395 g/mol. The lowest BCUT2D eigenvalue weighted by atomic mass is 10.2. The normalized spacial score (nSPS) is 16.4. The van der Waals surface area contributed by atoms with Crippen molar-refractivity contribution in [1.82, 2.24) is 15.5 Å². The number of halogens is 1. The van der Waals surface area contributed by atoms with E-state index in [1.165, 1.54) is 24.6 Å².